The molecule has 0 aliphatic carbocycles. The molecule has 2 nitrogen and oxygen atoms in total. The lowest BCUT2D eigenvalue weighted by atomic mass is 10.1. The van der Waals surface area contributed by atoms with Crippen LogP contribution in [-0.4, -0.2) is 15.5 Å². The van der Waals surface area contributed by atoms with Crippen molar-refractivity contribution in [1.82, 2.24) is 9.78 Å². The summed E-state index contributed by atoms with van der Waals surface area (Å²) < 4.78 is 2.18. The molecular formula is C12H14N2S2. The number of thiophene rings is 1. The van der Waals surface area contributed by atoms with Gasteiger partial charge >= 0.3 is 0 Å². The van der Waals surface area contributed by atoms with Gasteiger partial charge in [0.05, 0.1) is 4.88 Å². The molecule has 1 aliphatic heterocycles. The van der Waals surface area contributed by atoms with Gasteiger partial charge in [0, 0.05) is 23.6 Å². The van der Waals surface area contributed by atoms with Crippen LogP contribution in [0.4, 0.5) is 0 Å². The number of aromatic nitrogens is 2. The summed E-state index contributed by atoms with van der Waals surface area (Å²) in [7, 11) is 0. The Bertz CT molecular complexity index is 485. The highest BCUT2D eigenvalue weighted by Crippen LogP contribution is 2.34. The summed E-state index contributed by atoms with van der Waals surface area (Å²) in [6, 6.07) is 4.28. The number of hydrogen-bond donors (Lipinski definition) is 0. The zero-order chi connectivity index (χ0) is 11.0. The number of nitrogens with zero attached hydrogens (tertiary/aromatic N) is 2. The molecular weight excluding hydrogens is 236 g/mol. The summed E-state index contributed by atoms with van der Waals surface area (Å²) in [4.78, 5) is 1.31. The summed E-state index contributed by atoms with van der Waals surface area (Å²) >= 11 is 3.81. The molecule has 3 rings (SSSR count). The topological polar surface area (TPSA) is 17.8 Å². The van der Waals surface area contributed by atoms with Crippen LogP contribution in [0.1, 0.15) is 18.2 Å². The maximum absolute atomic E-state index is 4.77. The Labute approximate surface area is 104 Å². The maximum atomic E-state index is 4.77. The van der Waals surface area contributed by atoms with Gasteiger partial charge in [0.1, 0.15) is 5.69 Å². The first-order valence-electron chi connectivity index (χ1n) is 5.60. The van der Waals surface area contributed by atoms with Crippen molar-refractivity contribution in [2.24, 2.45) is 0 Å². The van der Waals surface area contributed by atoms with Crippen LogP contribution in [0.5, 0.6) is 0 Å². The highest BCUT2D eigenvalue weighted by Gasteiger charge is 2.21. The Balaban J connectivity index is 2.15. The lowest BCUT2D eigenvalue weighted by Crippen LogP contribution is -2.08. The van der Waals surface area contributed by atoms with Crippen LogP contribution in [-0.2, 0) is 18.7 Å². The average molecular weight is 250 g/mol. The summed E-state index contributed by atoms with van der Waals surface area (Å²) in [5, 5.41) is 6.89. The van der Waals surface area contributed by atoms with E-state index in [1.54, 1.807) is 11.3 Å². The number of thioether (sulfide) groups is 1. The number of hydrogen-bond acceptors (Lipinski definition) is 3. The molecule has 0 unspecified atom stereocenters. The lowest BCUT2D eigenvalue weighted by Gasteiger charge is -2.12. The first kappa shape index (κ1) is 10.4. The van der Waals surface area contributed by atoms with E-state index >= 15 is 0 Å². The molecule has 0 radical (unpaired) electrons. The van der Waals surface area contributed by atoms with Gasteiger partial charge in [0.2, 0.25) is 0 Å². The second kappa shape index (κ2) is 4.26. The van der Waals surface area contributed by atoms with Crippen molar-refractivity contribution in [2.45, 2.75) is 25.6 Å². The minimum Gasteiger partial charge on any atom is -0.269 e. The first-order chi connectivity index (χ1) is 7.90. The van der Waals surface area contributed by atoms with E-state index in [-0.39, 0.29) is 0 Å². The Morgan fingerprint density at radius 3 is 3.19 bits per heavy atom. The smallest absolute Gasteiger partial charge is 0.107 e. The van der Waals surface area contributed by atoms with E-state index in [2.05, 4.69) is 29.1 Å². The molecule has 4 heteroatoms. The third-order valence-electron chi connectivity index (χ3n) is 2.95. The molecule has 84 valence electrons. The molecule has 2 aromatic heterocycles. The average Bonchev–Trinajstić information content (AvgIpc) is 2.95. The largest absolute Gasteiger partial charge is 0.269 e. The number of aryl methyl sites for hydroxylation is 1. The highest BCUT2D eigenvalue weighted by molar-refractivity contribution is 7.98. The second-order valence-corrected chi connectivity index (χ2v) is 5.92. The Morgan fingerprint density at radius 2 is 2.44 bits per heavy atom. The summed E-state index contributed by atoms with van der Waals surface area (Å²) in [5.41, 5.74) is 4.16. The lowest BCUT2D eigenvalue weighted by molar-refractivity contribution is 0.626. The van der Waals surface area contributed by atoms with Crippen molar-refractivity contribution >= 4 is 23.1 Å². The molecule has 1 aliphatic rings. The normalized spacial score (nSPS) is 15.1. The van der Waals surface area contributed by atoms with Crippen molar-refractivity contribution in [2.75, 3.05) is 5.75 Å². The Hall–Kier alpha value is -0.740. The molecule has 0 amide bonds. The van der Waals surface area contributed by atoms with E-state index in [9.17, 15) is 0 Å². The van der Waals surface area contributed by atoms with Gasteiger partial charge in [-0.1, -0.05) is 6.07 Å². The molecule has 0 atom stereocenters. The molecule has 0 aromatic carbocycles. The molecule has 0 fully saturated rings. The number of rotatable bonds is 2. The van der Waals surface area contributed by atoms with E-state index in [0.29, 0.717) is 0 Å². The van der Waals surface area contributed by atoms with Gasteiger partial charge < -0.3 is 0 Å². The van der Waals surface area contributed by atoms with E-state index in [1.807, 2.05) is 11.8 Å². The van der Waals surface area contributed by atoms with Crippen LogP contribution in [0.15, 0.2) is 17.5 Å². The third-order valence-corrected chi connectivity index (χ3v) is 4.81. The molecule has 0 spiro atoms. The molecule has 0 bridgehead atoms. The SMILES string of the molecule is CCn1nc(-c2cccs2)c2c1CCSC2. The fourth-order valence-electron chi connectivity index (χ4n) is 2.18. The minimum atomic E-state index is 0.984. The van der Waals surface area contributed by atoms with Crippen LogP contribution in [0.3, 0.4) is 0 Å². The van der Waals surface area contributed by atoms with Crippen LogP contribution >= 0.6 is 23.1 Å². The van der Waals surface area contributed by atoms with E-state index in [1.165, 1.54) is 34.0 Å². The molecule has 3 heterocycles. The van der Waals surface area contributed by atoms with Gasteiger partial charge in [-0.25, -0.2) is 0 Å². The van der Waals surface area contributed by atoms with Crippen molar-refractivity contribution in [3.63, 3.8) is 0 Å². The molecule has 16 heavy (non-hydrogen) atoms. The van der Waals surface area contributed by atoms with Crippen molar-refractivity contribution in [3.8, 4) is 10.6 Å². The summed E-state index contributed by atoms with van der Waals surface area (Å²) in [6.45, 7) is 3.16. The first-order valence-corrected chi connectivity index (χ1v) is 7.63. The van der Waals surface area contributed by atoms with Crippen molar-refractivity contribution in [1.29, 1.82) is 0 Å². The zero-order valence-corrected chi connectivity index (χ0v) is 10.9. The predicted molar refractivity (Wildman–Crippen MR) is 71.1 cm³/mol. The maximum Gasteiger partial charge on any atom is 0.107 e. The molecule has 0 N–H and O–H groups in total. The van der Waals surface area contributed by atoms with Gasteiger partial charge in [-0.2, -0.15) is 16.9 Å². The Kier molecular flexibility index (Phi) is 2.77. The summed E-state index contributed by atoms with van der Waals surface area (Å²) in [5.74, 6) is 2.37. The minimum absolute atomic E-state index is 0.984. The van der Waals surface area contributed by atoms with Gasteiger partial charge in [-0.15, -0.1) is 11.3 Å². The van der Waals surface area contributed by atoms with Gasteiger partial charge in [-0.3, -0.25) is 4.68 Å². The van der Waals surface area contributed by atoms with Gasteiger partial charge in [0.25, 0.3) is 0 Å². The van der Waals surface area contributed by atoms with Crippen LogP contribution in [0.2, 0.25) is 0 Å². The number of fused-ring (bicyclic) bond motifs is 1. The van der Waals surface area contributed by atoms with Crippen molar-refractivity contribution < 1.29 is 0 Å². The third kappa shape index (κ3) is 1.60. The highest BCUT2D eigenvalue weighted by atomic mass is 32.2. The molecule has 2 aromatic rings. The quantitative estimate of drug-likeness (QED) is 0.813. The summed E-state index contributed by atoms with van der Waals surface area (Å²) in [6.07, 6.45) is 1.17. The van der Waals surface area contributed by atoms with Crippen molar-refractivity contribution in [3.05, 3.63) is 28.8 Å². The monoisotopic (exact) mass is 250 g/mol. The fourth-order valence-corrected chi connectivity index (χ4v) is 3.91. The van der Waals surface area contributed by atoms with Gasteiger partial charge in [0.15, 0.2) is 0 Å². The standard InChI is InChI=1S/C12H14N2S2/c1-2-14-10-5-7-15-8-9(10)12(13-14)11-4-3-6-16-11/h3-4,6H,2,5,7-8H2,1H3. The van der Waals surface area contributed by atoms with Crippen LogP contribution < -0.4 is 0 Å². The Morgan fingerprint density at radius 1 is 1.50 bits per heavy atom. The fraction of sp³-hybridized carbons (Fsp3) is 0.417. The van der Waals surface area contributed by atoms with E-state index in [4.69, 9.17) is 5.10 Å². The van der Waals surface area contributed by atoms with Crippen LogP contribution in [0.25, 0.3) is 10.6 Å². The van der Waals surface area contributed by atoms with Gasteiger partial charge in [-0.05, 0) is 30.5 Å². The predicted octanol–water partition coefficient (Wildman–Crippen LogP) is 3.42. The van der Waals surface area contributed by atoms with E-state index in [0.717, 1.165) is 12.3 Å². The molecule has 0 saturated heterocycles. The van der Waals surface area contributed by atoms with E-state index < -0.39 is 0 Å². The second-order valence-electron chi connectivity index (χ2n) is 3.87. The molecule has 0 saturated carbocycles. The van der Waals surface area contributed by atoms with Crippen LogP contribution in [0, 0.1) is 0 Å². The zero-order valence-electron chi connectivity index (χ0n) is 9.27.